The Kier molecular flexibility index (Phi) is 7.09. The highest BCUT2D eigenvalue weighted by Gasteiger charge is 2.17. The number of rotatable bonds is 8. The molecule has 5 rings (SSSR count). The summed E-state index contributed by atoms with van der Waals surface area (Å²) in [6.45, 7) is 3.74. The van der Waals surface area contributed by atoms with Crippen molar-refractivity contribution in [1.29, 1.82) is 0 Å². The molecule has 1 N–H and O–H groups in total. The Hall–Kier alpha value is -2.49. The van der Waals surface area contributed by atoms with E-state index in [1.165, 1.54) is 18.4 Å². The molecule has 0 unspecified atom stereocenters. The maximum atomic E-state index is 13.0. The molecular formula is C26H26ClN3O3S2. The molecule has 9 heteroatoms. The first-order valence-electron chi connectivity index (χ1n) is 11.6. The van der Waals surface area contributed by atoms with Crippen molar-refractivity contribution in [3.05, 3.63) is 98.1 Å². The molecule has 1 saturated heterocycles. The highest BCUT2D eigenvalue weighted by atomic mass is 35.5. The zero-order valence-corrected chi connectivity index (χ0v) is 21.5. The maximum absolute atomic E-state index is 13.0. The molecule has 0 aliphatic carbocycles. The summed E-state index contributed by atoms with van der Waals surface area (Å²) >= 11 is 7.00. The third-order valence-electron chi connectivity index (χ3n) is 6.27. The van der Waals surface area contributed by atoms with E-state index in [0.29, 0.717) is 21.8 Å². The summed E-state index contributed by atoms with van der Waals surface area (Å²) in [4.78, 5) is 15.1. The molecule has 0 saturated carbocycles. The van der Waals surface area contributed by atoms with Crippen molar-refractivity contribution in [2.45, 2.75) is 37.4 Å². The summed E-state index contributed by atoms with van der Waals surface area (Å²) in [7, 11) is -3.73. The maximum Gasteiger partial charge on any atom is 0.308 e. The number of nitrogens with zero attached hydrogens (tertiary/aromatic N) is 2. The lowest BCUT2D eigenvalue weighted by Gasteiger charge is -2.15. The predicted molar refractivity (Wildman–Crippen MR) is 142 cm³/mol. The van der Waals surface area contributed by atoms with E-state index in [2.05, 4.69) is 21.8 Å². The summed E-state index contributed by atoms with van der Waals surface area (Å²) in [5.41, 5.74) is 3.77. The van der Waals surface area contributed by atoms with Gasteiger partial charge in [0.05, 0.1) is 21.7 Å². The number of benzene rings is 3. The van der Waals surface area contributed by atoms with Crippen LogP contribution in [0.25, 0.3) is 10.2 Å². The van der Waals surface area contributed by atoms with Crippen LogP contribution >= 0.6 is 22.9 Å². The van der Waals surface area contributed by atoms with Gasteiger partial charge in [0, 0.05) is 18.1 Å². The molecule has 3 aromatic carbocycles. The van der Waals surface area contributed by atoms with Crippen molar-refractivity contribution in [3.8, 4) is 0 Å². The number of hydrogen-bond donors (Lipinski definition) is 1. The van der Waals surface area contributed by atoms with E-state index in [-0.39, 0.29) is 16.3 Å². The normalized spacial score (nSPS) is 14.7. The number of likely N-dealkylation sites (tertiary alicyclic amines) is 1. The third kappa shape index (κ3) is 5.68. The standard InChI is InChI=1S/C26H26ClN3O3S2/c27-22-8-6-19(7-9-22)18-30-24-11-10-23(15-25(24)34-26(30)31)35(32,33)28-16-20-4-3-5-21(14-20)17-29-12-1-2-13-29/h3-11,14-15,28H,1-2,12-13,16-18H2. The van der Waals surface area contributed by atoms with Gasteiger partial charge in [-0.15, -0.1) is 0 Å². The number of aromatic nitrogens is 1. The minimum Gasteiger partial charge on any atom is -0.299 e. The number of sulfonamides is 1. The Bertz CT molecular complexity index is 1510. The van der Waals surface area contributed by atoms with Gasteiger partial charge in [-0.25, -0.2) is 13.1 Å². The van der Waals surface area contributed by atoms with Crippen LogP contribution in [0.1, 0.15) is 29.5 Å². The van der Waals surface area contributed by atoms with Crippen LogP contribution in [-0.4, -0.2) is 31.0 Å². The second-order valence-corrected chi connectivity index (χ2v) is 12.0. The van der Waals surface area contributed by atoms with Gasteiger partial charge in [-0.3, -0.25) is 14.3 Å². The fraction of sp³-hybridized carbons (Fsp3) is 0.269. The first-order chi connectivity index (χ1) is 16.9. The van der Waals surface area contributed by atoms with Crippen LogP contribution < -0.4 is 9.60 Å². The van der Waals surface area contributed by atoms with Crippen LogP contribution in [0.15, 0.2) is 76.4 Å². The van der Waals surface area contributed by atoms with Crippen LogP contribution in [0.4, 0.5) is 0 Å². The van der Waals surface area contributed by atoms with Gasteiger partial charge in [0.2, 0.25) is 10.0 Å². The van der Waals surface area contributed by atoms with Crippen LogP contribution in [0.5, 0.6) is 0 Å². The van der Waals surface area contributed by atoms with E-state index in [1.807, 2.05) is 24.3 Å². The zero-order chi connectivity index (χ0) is 24.4. The van der Waals surface area contributed by atoms with Gasteiger partial charge in [0.25, 0.3) is 0 Å². The number of fused-ring (bicyclic) bond motifs is 1. The lowest BCUT2D eigenvalue weighted by molar-refractivity contribution is 0.331. The van der Waals surface area contributed by atoms with Crippen molar-refractivity contribution in [3.63, 3.8) is 0 Å². The average molecular weight is 528 g/mol. The SMILES string of the molecule is O=c1sc2cc(S(=O)(=O)NCc3cccc(CN4CCCC4)c3)ccc2n1Cc1ccc(Cl)cc1. The van der Waals surface area contributed by atoms with E-state index in [1.54, 1.807) is 34.9 Å². The lowest BCUT2D eigenvalue weighted by Crippen LogP contribution is -2.23. The van der Waals surface area contributed by atoms with Gasteiger partial charge in [0.15, 0.2) is 0 Å². The summed E-state index contributed by atoms with van der Waals surface area (Å²) in [6, 6.07) is 20.2. The minimum absolute atomic E-state index is 0.132. The summed E-state index contributed by atoms with van der Waals surface area (Å²) in [5.74, 6) is 0. The second kappa shape index (κ2) is 10.2. The smallest absolute Gasteiger partial charge is 0.299 e. The Morgan fingerprint density at radius 2 is 1.63 bits per heavy atom. The van der Waals surface area contributed by atoms with Crippen molar-refractivity contribution >= 4 is 43.2 Å². The molecule has 35 heavy (non-hydrogen) atoms. The lowest BCUT2D eigenvalue weighted by atomic mass is 10.1. The first-order valence-corrected chi connectivity index (χ1v) is 14.2. The van der Waals surface area contributed by atoms with E-state index in [9.17, 15) is 13.2 Å². The van der Waals surface area contributed by atoms with Gasteiger partial charge < -0.3 is 0 Å². The monoisotopic (exact) mass is 527 g/mol. The molecule has 1 aromatic heterocycles. The van der Waals surface area contributed by atoms with Crippen LogP contribution in [0.2, 0.25) is 5.02 Å². The topological polar surface area (TPSA) is 71.4 Å². The predicted octanol–water partition coefficient (Wildman–Crippen LogP) is 4.84. The largest absolute Gasteiger partial charge is 0.308 e. The number of thiazole rings is 1. The zero-order valence-electron chi connectivity index (χ0n) is 19.1. The van der Waals surface area contributed by atoms with Crippen molar-refractivity contribution in [1.82, 2.24) is 14.2 Å². The molecule has 4 aromatic rings. The van der Waals surface area contributed by atoms with Crippen LogP contribution in [-0.2, 0) is 29.7 Å². The molecule has 0 atom stereocenters. The molecule has 1 aliphatic rings. The van der Waals surface area contributed by atoms with E-state index >= 15 is 0 Å². The van der Waals surface area contributed by atoms with E-state index in [4.69, 9.17) is 11.6 Å². The first kappa shape index (κ1) is 24.2. The summed E-state index contributed by atoms with van der Waals surface area (Å²) in [6.07, 6.45) is 2.48. The molecular weight excluding hydrogens is 502 g/mol. The Morgan fingerprint density at radius 1 is 0.886 bits per heavy atom. The van der Waals surface area contributed by atoms with Gasteiger partial charge in [-0.2, -0.15) is 0 Å². The number of halogens is 1. The average Bonchev–Trinajstić information content (AvgIpc) is 3.46. The second-order valence-electron chi connectivity index (χ2n) is 8.84. The molecule has 0 amide bonds. The highest BCUT2D eigenvalue weighted by molar-refractivity contribution is 7.89. The van der Waals surface area contributed by atoms with E-state index in [0.717, 1.165) is 42.1 Å². The fourth-order valence-corrected chi connectivity index (χ4v) is 6.61. The Balaban J connectivity index is 1.31. The molecule has 0 radical (unpaired) electrons. The number of nitrogens with one attached hydrogen (secondary N) is 1. The molecule has 1 fully saturated rings. The number of hydrogen-bond acceptors (Lipinski definition) is 5. The van der Waals surface area contributed by atoms with Gasteiger partial charge in [-0.05, 0) is 73.0 Å². The quantitative estimate of drug-likeness (QED) is 0.356. The van der Waals surface area contributed by atoms with Gasteiger partial charge in [-0.1, -0.05) is 59.3 Å². The molecule has 6 nitrogen and oxygen atoms in total. The molecule has 0 bridgehead atoms. The van der Waals surface area contributed by atoms with Crippen LogP contribution in [0.3, 0.4) is 0 Å². The molecule has 0 spiro atoms. The van der Waals surface area contributed by atoms with Crippen LogP contribution in [0, 0.1) is 0 Å². The van der Waals surface area contributed by atoms with Crippen molar-refractivity contribution in [2.24, 2.45) is 0 Å². The third-order valence-corrected chi connectivity index (χ3v) is 8.86. The minimum atomic E-state index is -3.73. The van der Waals surface area contributed by atoms with Gasteiger partial charge in [0.1, 0.15) is 0 Å². The summed E-state index contributed by atoms with van der Waals surface area (Å²) < 4.78 is 31.0. The highest BCUT2D eigenvalue weighted by Crippen LogP contribution is 2.23. The van der Waals surface area contributed by atoms with E-state index < -0.39 is 10.0 Å². The molecule has 182 valence electrons. The fourth-order valence-electron chi connectivity index (χ4n) is 4.43. The molecule has 1 aliphatic heterocycles. The summed E-state index contributed by atoms with van der Waals surface area (Å²) in [5, 5.41) is 0.636. The van der Waals surface area contributed by atoms with Crippen molar-refractivity contribution in [2.75, 3.05) is 13.1 Å². The molecule has 2 heterocycles. The Morgan fingerprint density at radius 3 is 2.40 bits per heavy atom. The Labute approximate surface area is 213 Å². The van der Waals surface area contributed by atoms with Gasteiger partial charge >= 0.3 is 4.87 Å². The van der Waals surface area contributed by atoms with Crippen molar-refractivity contribution < 1.29 is 8.42 Å².